The van der Waals surface area contributed by atoms with E-state index in [-0.39, 0.29) is 18.2 Å². The van der Waals surface area contributed by atoms with E-state index in [9.17, 15) is 9.59 Å². The van der Waals surface area contributed by atoms with E-state index in [1.165, 1.54) is 0 Å². The van der Waals surface area contributed by atoms with Gasteiger partial charge in [0.15, 0.2) is 0 Å². The Balaban J connectivity index is 3.43. The van der Waals surface area contributed by atoms with Crippen LogP contribution in [0.2, 0.25) is 0 Å². The molecule has 0 aromatic rings. The zero-order valence-electron chi connectivity index (χ0n) is 17.0. The van der Waals surface area contributed by atoms with Crippen LogP contribution >= 0.6 is 0 Å². The van der Waals surface area contributed by atoms with Crippen LogP contribution in [0.3, 0.4) is 0 Å². The summed E-state index contributed by atoms with van der Waals surface area (Å²) in [4.78, 5) is 22.1. The molecule has 0 saturated carbocycles. The number of amides is 2. The summed E-state index contributed by atoms with van der Waals surface area (Å²) in [5, 5.41) is 20.5. The summed E-state index contributed by atoms with van der Waals surface area (Å²) in [7, 11) is 0. The van der Waals surface area contributed by atoms with Crippen molar-refractivity contribution < 1.29 is 19.4 Å². The number of rotatable bonds is 13. The first-order valence-electron chi connectivity index (χ1n) is 9.50. The van der Waals surface area contributed by atoms with Gasteiger partial charge in [0.2, 0.25) is 0 Å². The van der Waals surface area contributed by atoms with Crippen LogP contribution < -0.4 is 21.3 Å². The van der Waals surface area contributed by atoms with Gasteiger partial charge in [-0.1, -0.05) is 0 Å². The van der Waals surface area contributed by atoms with Gasteiger partial charge in [0, 0.05) is 12.1 Å². The second-order valence-corrected chi connectivity index (χ2v) is 7.68. The highest BCUT2D eigenvalue weighted by Gasteiger charge is 2.17. The molecule has 2 amide bonds. The molecule has 0 aromatic heterocycles. The van der Waals surface area contributed by atoms with Crippen LogP contribution in [0.5, 0.6) is 0 Å². The van der Waals surface area contributed by atoms with E-state index in [2.05, 4.69) is 21.3 Å². The minimum absolute atomic E-state index is 0.0297. The van der Waals surface area contributed by atoms with Crippen molar-refractivity contribution in [1.82, 2.24) is 21.3 Å². The van der Waals surface area contributed by atoms with E-state index in [1.54, 1.807) is 0 Å². The fourth-order valence-corrected chi connectivity index (χ4v) is 2.25. The Morgan fingerprint density at radius 2 is 1.35 bits per heavy atom. The summed E-state index contributed by atoms with van der Waals surface area (Å²) in [5.41, 5.74) is -0.471. The van der Waals surface area contributed by atoms with Gasteiger partial charge < -0.3 is 31.1 Å². The van der Waals surface area contributed by atoms with Crippen molar-refractivity contribution in [1.29, 1.82) is 0 Å². The van der Waals surface area contributed by atoms with Crippen LogP contribution in [-0.2, 0) is 4.74 Å². The number of nitrogens with one attached hydrogen (secondary N) is 4. The second kappa shape index (κ2) is 13.6. The second-order valence-electron chi connectivity index (χ2n) is 7.68. The number of carbonyl (C=O) groups excluding carboxylic acids is 1. The molecule has 0 radical (unpaired) electrons. The molecule has 0 rings (SSSR count). The molecule has 0 saturated heterocycles. The highest BCUT2D eigenvalue weighted by molar-refractivity contribution is 5.68. The first-order chi connectivity index (χ1) is 12.1. The number of hydrogen-bond donors (Lipinski definition) is 5. The normalized spacial score (nSPS) is 13.7. The summed E-state index contributed by atoms with van der Waals surface area (Å²) >= 11 is 0. The first-order valence-corrected chi connectivity index (χ1v) is 9.50. The Kier molecular flexibility index (Phi) is 12.8. The lowest BCUT2D eigenvalue weighted by molar-refractivity contribution is 0.0506. The van der Waals surface area contributed by atoms with Crippen molar-refractivity contribution in [2.75, 3.05) is 26.2 Å². The van der Waals surface area contributed by atoms with Crippen molar-refractivity contribution in [3.63, 3.8) is 0 Å². The van der Waals surface area contributed by atoms with Gasteiger partial charge in [0.1, 0.15) is 5.60 Å². The lowest BCUT2D eigenvalue weighted by Gasteiger charge is -2.22. The lowest BCUT2D eigenvalue weighted by atomic mass is 10.2. The van der Waals surface area contributed by atoms with Crippen LogP contribution in [-0.4, -0.2) is 61.2 Å². The number of unbranched alkanes of at least 4 members (excludes halogenated alkanes) is 1. The van der Waals surface area contributed by atoms with Gasteiger partial charge in [-0.15, -0.1) is 0 Å². The van der Waals surface area contributed by atoms with Crippen LogP contribution in [0.15, 0.2) is 0 Å². The summed E-state index contributed by atoms with van der Waals surface area (Å²) in [6.45, 7) is 12.9. The van der Waals surface area contributed by atoms with Crippen molar-refractivity contribution in [3.05, 3.63) is 0 Å². The van der Waals surface area contributed by atoms with Crippen LogP contribution in [0, 0.1) is 0 Å². The van der Waals surface area contributed by atoms with E-state index in [0.29, 0.717) is 0 Å². The predicted octanol–water partition coefficient (Wildman–Crippen LogP) is 2.30. The summed E-state index contributed by atoms with van der Waals surface area (Å²) in [6, 6.07) is 0.0402. The Labute approximate surface area is 157 Å². The molecule has 154 valence electrons. The van der Waals surface area contributed by atoms with Crippen LogP contribution in [0.1, 0.15) is 60.3 Å². The molecule has 0 aliphatic carbocycles. The number of carboxylic acid groups (broad SMARTS) is 1. The first kappa shape index (κ1) is 24.5. The fraction of sp³-hybridized carbons (Fsp3) is 0.889. The average Bonchev–Trinajstić information content (AvgIpc) is 2.46. The molecule has 0 aliphatic rings. The largest absolute Gasteiger partial charge is 0.465 e. The van der Waals surface area contributed by atoms with Crippen molar-refractivity contribution in [2.24, 2.45) is 0 Å². The van der Waals surface area contributed by atoms with Crippen LogP contribution in [0.4, 0.5) is 9.59 Å². The molecule has 8 heteroatoms. The van der Waals surface area contributed by atoms with Crippen molar-refractivity contribution in [2.45, 2.75) is 78.0 Å². The molecule has 5 N–H and O–H groups in total. The van der Waals surface area contributed by atoms with Gasteiger partial charge in [-0.2, -0.15) is 0 Å². The molecular weight excluding hydrogens is 336 g/mol. The van der Waals surface area contributed by atoms with Gasteiger partial charge in [-0.25, -0.2) is 9.59 Å². The van der Waals surface area contributed by atoms with E-state index < -0.39 is 11.7 Å². The van der Waals surface area contributed by atoms with Gasteiger partial charge >= 0.3 is 12.2 Å². The van der Waals surface area contributed by atoms with E-state index >= 15 is 0 Å². The SMILES string of the molecule is CC(CCNCCCCNCCC(C)NC(=O)OC(C)(C)C)NC(=O)O. The molecule has 2 unspecified atom stereocenters. The van der Waals surface area contributed by atoms with Crippen molar-refractivity contribution >= 4 is 12.2 Å². The average molecular weight is 375 g/mol. The minimum Gasteiger partial charge on any atom is -0.465 e. The molecule has 0 aromatic carbocycles. The molecule has 0 aliphatic heterocycles. The fourth-order valence-electron chi connectivity index (χ4n) is 2.25. The summed E-state index contributed by atoms with van der Waals surface area (Å²) in [5.74, 6) is 0. The monoisotopic (exact) mass is 374 g/mol. The Bertz CT molecular complexity index is 399. The maximum Gasteiger partial charge on any atom is 0.407 e. The number of carbonyl (C=O) groups is 2. The molecular formula is C18H38N4O4. The standard InChI is InChI=1S/C18H38N4O4/c1-14(21-16(23)24)8-12-19-10-6-7-11-20-13-9-15(2)22-17(25)26-18(3,4)5/h14-15,19-21H,6-13H2,1-5H3,(H,22,25)(H,23,24). The molecule has 26 heavy (non-hydrogen) atoms. The maximum absolute atomic E-state index is 11.6. The third-order valence-corrected chi connectivity index (χ3v) is 3.60. The molecule has 0 heterocycles. The third-order valence-electron chi connectivity index (χ3n) is 3.60. The Morgan fingerprint density at radius 1 is 0.885 bits per heavy atom. The topological polar surface area (TPSA) is 112 Å². The lowest BCUT2D eigenvalue weighted by Crippen LogP contribution is -2.39. The van der Waals surface area contributed by atoms with Gasteiger partial charge in [0.05, 0.1) is 0 Å². The quantitative estimate of drug-likeness (QED) is 0.316. The molecule has 8 nitrogen and oxygen atoms in total. The zero-order chi connectivity index (χ0) is 20.0. The summed E-state index contributed by atoms with van der Waals surface area (Å²) in [6.07, 6.45) is 2.44. The molecule has 0 fully saturated rings. The molecule has 0 bridgehead atoms. The van der Waals surface area contributed by atoms with Gasteiger partial charge in [-0.05, 0) is 86.5 Å². The Hall–Kier alpha value is -1.54. The highest BCUT2D eigenvalue weighted by Crippen LogP contribution is 2.06. The highest BCUT2D eigenvalue weighted by atomic mass is 16.6. The predicted molar refractivity (Wildman–Crippen MR) is 104 cm³/mol. The number of hydrogen-bond acceptors (Lipinski definition) is 5. The molecule has 2 atom stereocenters. The number of ether oxygens (including phenoxy) is 1. The third kappa shape index (κ3) is 17.3. The van der Waals surface area contributed by atoms with E-state index in [0.717, 1.165) is 51.9 Å². The van der Waals surface area contributed by atoms with Crippen LogP contribution in [0.25, 0.3) is 0 Å². The zero-order valence-corrected chi connectivity index (χ0v) is 17.0. The summed E-state index contributed by atoms with van der Waals surface area (Å²) < 4.78 is 5.22. The maximum atomic E-state index is 11.6. The Morgan fingerprint density at radius 3 is 1.77 bits per heavy atom. The van der Waals surface area contributed by atoms with Gasteiger partial charge in [-0.3, -0.25) is 0 Å². The van der Waals surface area contributed by atoms with E-state index in [4.69, 9.17) is 9.84 Å². The van der Waals surface area contributed by atoms with E-state index in [1.807, 2.05) is 34.6 Å². The molecule has 0 spiro atoms. The van der Waals surface area contributed by atoms with Gasteiger partial charge in [0.25, 0.3) is 0 Å². The minimum atomic E-state index is -0.973. The smallest absolute Gasteiger partial charge is 0.407 e. The number of alkyl carbamates (subject to hydrolysis) is 1. The van der Waals surface area contributed by atoms with Crippen molar-refractivity contribution in [3.8, 4) is 0 Å².